The average molecular weight is 451 g/mol. The van der Waals surface area contributed by atoms with Crippen molar-refractivity contribution in [2.45, 2.75) is 18.7 Å². The number of fused-ring (bicyclic) bond motifs is 1. The third kappa shape index (κ3) is 4.13. The van der Waals surface area contributed by atoms with Gasteiger partial charge in [-0.2, -0.15) is 5.26 Å². The molecular weight excluding hydrogens is 424 g/mol. The number of benzene rings is 1. The van der Waals surface area contributed by atoms with Crippen molar-refractivity contribution in [3.8, 4) is 6.07 Å². The molecule has 2 unspecified atom stereocenters. The van der Waals surface area contributed by atoms with Crippen LogP contribution in [0.4, 0.5) is 10.1 Å². The number of pyridine rings is 2. The number of nitrogens with zero attached hydrogens (tertiary/aromatic N) is 5. The van der Waals surface area contributed by atoms with Gasteiger partial charge in [0.1, 0.15) is 23.1 Å². The minimum Gasteiger partial charge on any atom is -0.364 e. The van der Waals surface area contributed by atoms with E-state index in [0.717, 1.165) is 36.4 Å². The van der Waals surface area contributed by atoms with E-state index < -0.39 is 0 Å². The lowest BCUT2D eigenvalue weighted by molar-refractivity contribution is 0.212. The molecule has 1 aliphatic rings. The topological polar surface area (TPSA) is 65.2 Å². The molecular formula is C24H27FN5OP. The van der Waals surface area contributed by atoms with Gasteiger partial charge in [-0.15, -0.1) is 0 Å². The van der Waals surface area contributed by atoms with Crippen LogP contribution in [0.15, 0.2) is 47.3 Å². The van der Waals surface area contributed by atoms with Gasteiger partial charge in [-0.05, 0) is 50.1 Å². The maximum atomic E-state index is 13.5. The Balaban J connectivity index is 1.67. The standard InChI is InChI=1S/C24H27FN5OP/c1-16-15-29(24(32(3)4)17-5-7-18(25)8-6-17)11-12-30(16)21-13-22(31)28(2)20-10-9-19(14-26)27-23(20)21/h5-10,13,16,24H,11-12,15H2,1-4H3. The Bertz CT molecular complexity index is 1230. The lowest BCUT2D eigenvalue weighted by Crippen LogP contribution is -2.53. The Morgan fingerprint density at radius 1 is 1.19 bits per heavy atom. The molecule has 3 aromatic rings. The van der Waals surface area contributed by atoms with Crippen molar-refractivity contribution in [1.82, 2.24) is 14.5 Å². The van der Waals surface area contributed by atoms with Crippen LogP contribution in [0, 0.1) is 17.1 Å². The Morgan fingerprint density at radius 3 is 2.53 bits per heavy atom. The summed E-state index contributed by atoms with van der Waals surface area (Å²) in [6, 6.07) is 14.2. The van der Waals surface area contributed by atoms with Crippen molar-refractivity contribution < 1.29 is 4.39 Å². The Hall–Kier alpha value is -2.81. The number of anilines is 1. The van der Waals surface area contributed by atoms with Crippen LogP contribution in [0.25, 0.3) is 11.0 Å². The molecule has 1 fully saturated rings. The number of piperazine rings is 1. The summed E-state index contributed by atoms with van der Waals surface area (Å²) in [7, 11) is 1.40. The van der Waals surface area contributed by atoms with Gasteiger partial charge in [0.25, 0.3) is 5.56 Å². The van der Waals surface area contributed by atoms with Crippen LogP contribution in [0.1, 0.15) is 24.0 Å². The van der Waals surface area contributed by atoms with Crippen LogP contribution >= 0.6 is 7.92 Å². The first-order valence-electron chi connectivity index (χ1n) is 10.6. The molecule has 0 spiro atoms. The highest BCUT2D eigenvalue weighted by Gasteiger charge is 2.32. The van der Waals surface area contributed by atoms with Crippen molar-refractivity contribution in [3.05, 3.63) is 69.9 Å². The molecule has 6 nitrogen and oxygen atoms in total. The normalized spacial score (nSPS) is 18.2. The van der Waals surface area contributed by atoms with Crippen LogP contribution in [-0.4, -0.2) is 53.5 Å². The van der Waals surface area contributed by atoms with Gasteiger partial charge in [0.05, 0.1) is 17.0 Å². The van der Waals surface area contributed by atoms with Crippen molar-refractivity contribution in [3.63, 3.8) is 0 Å². The second kappa shape index (κ2) is 8.97. The molecule has 0 N–H and O–H groups in total. The number of hydrogen-bond donors (Lipinski definition) is 0. The molecule has 1 aromatic carbocycles. The van der Waals surface area contributed by atoms with Gasteiger partial charge in [-0.1, -0.05) is 20.1 Å². The van der Waals surface area contributed by atoms with E-state index in [4.69, 9.17) is 0 Å². The zero-order valence-electron chi connectivity index (χ0n) is 18.8. The molecule has 1 aliphatic heterocycles. The zero-order chi connectivity index (χ0) is 23.0. The molecule has 2 aromatic heterocycles. The number of rotatable bonds is 4. The molecule has 4 rings (SSSR count). The highest BCUT2D eigenvalue weighted by molar-refractivity contribution is 7.56. The van der Waals surface area contributed by atoms with Crippen LogP contribution in [0.2, 0.25) is 0 Å². The first kappa shape index (κ1) is 22.4. The van der Waals surface area contributed by atoms with Gasteiger partial charge >= 0.3 is 0 Å². The molecule has 0 radical (unpaired) electrons. The summed E-state index contributed by atoms with van der Waals surface area (Å²) in [5.74, 6) is 0.0305. The molecule has 2 atom stereocenters. The number of hydrogen-bond acceptors (Lipinski definition) is 5. The summed E-state index contributed by atoms with van der Waals surface area (Å²) in [6.45, 7) is 9.03. The van der Waals surface area contributed by atoms with E-state index in [1.54, 1.807) is 29.8 Å². The van der Waals surface area contributed by atoms with Crippen molar-refractivity contribution >= 4 is 24.6 Å². The maximum absolute atomic E-state index is 13.5. The molecule has 0 saturated carbocycles. The summed E-state index contributed by atoms with van der Waals surface area (Å²) >= 11 is 0. The van der Waals surface area contributed by atoms with Gasteiger partial charge in [-0.25, -0.2) is 9.37 Å². The van der Waals surface area contributed by atoms with Crippen molar-refractivity contribution in [1.29, 1.82) is 5.26 Å². The second-order valence-electron chi connectivity index (χ2n) is 8.53. The minimum absolute atomic E-state index is 0.0940. The summed E-state index contributed by atoms with van der Waals surface area (Å²) in [6.07, 6.45) is 0. The second-order valence-corrected chi connectivity index (χ2v) is 10.9. The Kier molecular flexibility index (Phi) is 6.28. The average Bonchev–Trinajstić information content (AvgIpc) is 2.77. The first-order chi connectivity index (χ1) is 15.3. The maximum Gasteiger partial charge on any atom is 0.252 e. The summed E-state index contributed by atoms with van der Waals surface area (Å²) in [4.78, 5) is 21.9. The SMILES string of the molecule is CC1CN(C(c2ccc(F)cc2)P(C)C)CCN1c1cc(=O)n(C)c2ccc(C#N)nc12. The molecule has 3 heterocycles. The highest BCUT2D eigenvalue weighted by Crippen LogP contribution is 2.48. The van der Waals surface area contributed by atoms with Crippen LogP contribution in [0.3, 0.4) is 0 Å². The summed E-state index contributed by atoms with van der Waals surface area (Å²) in [5, 5.41) is 9.32. The predicted molar refractivity (Wildman–Crippen MR) is 128 cm³/mol. The van der Waals surface area contributed by atoms with E-state index in [2.05, 4.69) is 41.1 Å². The van der Waals surface area contributed by atoms with Gasteiger partial charge in [0, 0.05) is 38.8 Å². The molecule has 8 heteroatoms. The quantitative estimate of drug-likeness (QED) is 0.563. The fourth-order valence-corrected chi connectivity index (χ4v) is 6.26. The van der Waals surface area contributed by atoms with Gasteiger partial charge < -0.3 is 9.47 Å². The van der Waals surface area contributed by atoms with Gasteiger partial charge in [0.2, 0.25) is 0 Å². The fourth-order valence-electron chi connectivity index (χ4n) is 4.63. The zero-order valence-corrected chi connectivity index (χ0v) is 19.7. The summed E-state index contributed by atoms with van der Waals surface area (Å²) in [5.41, 5.74) is 3.56. The van der Waals surface area contributed by atoms with E-state index in [1.165, 1.54) is 12.1 Å². The van der Waals surface area contributed by atoms with Gasteiger partial charge in [-0.3, -0.25) is 9.69 Å². The van der Waals surface area contributed by atoms with E-state index in [1.807, 2.05) is 12.1 Å². The predicted octanol–water partition coefficient (Wildman–Crippen LogP) is 3.90. The Labute approximate surface area is 188 Å². The van der Waals surface area contributed by atoms with Crippen LogP contribution < -0.4 is 10.5 Å². The number of nitriles is 1. The lowest BCUT2D eigenvalue weighted by Gasteiger charge is -2.45. The molecule has 0 amide bonds. The third-order valence-corrected chi connectivity index (χ3v) is 7.76. The first-order valence-corrected chi connectivity index (χ1v) is 12.9. The van der Waals surface area contributed by atoms with Crippen molar-refractivity contribution in [2.24, 2.45) is 7.05 Å². The minimum atomic E-state index is -0.321. The molecule has 0 bridgehead atoms. The van der Waals surface area contributed by atoms with E-state index in [9.17, 15) is 14.4 Å². The Morgan fingerprint density at radius 2 is 1.91 bits per heavy atom. The molecule has 32 heavy (non-hydrogen) atoms. The number of halogens is 1. The number of aryl methyl sites for hydroxylation is 1. The largest absolute Gasteiger partial charge is 0.364 e. The third-order valence-electron chi connectivity index (χ3n) is 6.15. The van der Waals surface area contributed by atoms with E-state index >= 15 is 0 Å². The smallest absolute Gasteiger partial charge is 0.252 e. The van der Waals surface area contributed by atoms with Crippen molar-refractivity contribution in [2.75, 3.05) is 37.9 Å². The lowest BCUT2D eigenvalue weighted by atomic mass is 10.1. The summed E-state index contributed by atoms with van der Waals surface area (Å²) < 4.78 is 15.0. The van der Waals surface area contributed by atoms with E-state index in [-0.39, 0.29) is 31.1 Å². The number of aromatic nitrogens is 2. The monoisotopic (exact) mass is 451 g/mol. The fraction of sp³-hybridized carbons (Fsp3) is 0.375. The molecule has 1 saturated heterocycles. The highest BCUT2D eigenvalue weighted by atomic mass is 31.1. The molecule has 166 valence electrons. The van der Waals surface area contributed by atoms with E-state index in [0.29, 0.717) is 11.2 Å². The van der Waals surface area contributed by atoms with Gasteiger partial charge in [0.15, 0.2) is 0 Å². The van der Waals surface area contributed by atoms with Crippen LogP contribution in [-0.2, 0) is 7.05 Å². The molecule has 0 aliphatic carbocycles. The van der Waals surface area contributed by atoms with Crippen LogP contribution in [0.5, 0.6) is 0 Å².